The molecule has 0 aromatic heterocycles. The highest BCUT2D eigenvalue weighted by Gasteiger charge is 2.36. The van der Waals surface area contributed by atoms with E-state index in [2.05, 4.69) is 6.58 Å². The quantitative estimate of drug-likeness (QED) is 0.562. The molecule has 1 aliphatic rings. The summed E-state index contributed by atoms with van der Waals surface area (Å²) < 4.78 is 22.1. The van der Waals surface area contributed by atoms with Crippen molar-refractivity contribution in [3.63, 3.8) is 0 Å². The first-order valence-corrected chi connectivity index (χ1v) is 8.31. The van der Waals surface area contributed by atoms with Crippen LogP contribution >= 0.6 is 0 Å². The number of hydrogen-bond acceptors (Lipinski definition) is 7. The zero-order chi connectivity index (χ0) is 19.3. The normalized spacial score (nSPS) is 22.7. The summed E-state index contributed by atoms with van der Waals surface area (Å²) in [5, 5.41) is 19.3. The first-order chi connectivity index (χ1) is 12.3. The first-order valence-electron chi connectivity index (χ1n) is 8.31. The minimum absolute atomic E-state index is 0.147. The third-order valence-electron chi connectivity index (χ3n) is 4.20. The first kappa shape index (κ1) is 20.4. The van der Waals surface area contributed by atoms with Crippen LogP contribution in [0.2, 0.25) is 0 Å². The van der Waals surface area contributed by atoms with Crippen molar-refractivity contribution in [3.05, 3.63) is 41.0 Å². The van der Waals surface area contributed by atoms with Gasteiger partial charge in [-0.05, 0) is 30.2 Å². The predicted octanol–water partition coefficient (Wildman–Crippen LogP) is 1.85. The van der Waals surface area contributed by atoms with Crippen molar-refractivity contribution in [2.45, 2.75) is 33.4 Å². The monoisotopic (exact) mass is 366 g/mol. The summed E-state index contributed by atoms with van der Waals surface area (Å²) in [5.41, 5.74) is 1.57. The SMILES string of the molecule is C=C(C)C(=O)OCC1(C)COC(c2c(CO)cc(OC)cc2CO)OC1. The molecule has 7 nitrogen and oxygen atoms in total. The Morgan fingerprint density at radius 3 is 2.23 bits per heavy atom. The maximum absolute atomic E-state index is 11.6. The standard InChI is InChI=1S/C19H26O7/c1-12(2)17(22)24-9-19(3)10-25-18(26-11-19)16-13(7-20)5-15(23-4)6-14(16)8-21/h5-6,18,20-21H,1,7-11H2,2-4H3. The summed E-state index contributed by atoms with van der Waals surface area (Å²) in [6.07, 6.45) is -0.727. The minimum Gasteiger partial charge on any atom is -0.497 e. The molecule has 2 rings (SSSR count). The Hall–Kier alpha value is -1.93. The van der Waals surface area contributed by atoms with Crippen molar-refractivity contribution in [1.82, 2.24) is 0 Å². The zero-order valence-electron chi connectivity index (χ0n) is 15.4. The molecular weight excluding hydrogens is 340 g/mol. The minimum atomic E-state index is -0.727. The topological polar surface area (TPSA) is 94.5 Å². The third-order valence-corrected chi connectivity index (χ3v) is 4.20. The summed E-state index contributed by atoms with van der Waals surface area (Å²) in [5.74, 6) is 0.0860. The van der Waals surface area contributed by atoms with E-state index < -0.39 is 17.7 Å². The van der Waals surface area contributed by atoms with E-state index in [0.717, 1.165) is 0 Å². The molecule has 7 heteroatoms. The van der Waals surface area contributed by atoms with Gasteiger partial charge >= 0.3 is 5.97 Å². The lowest BCUT2D eigenvalue weighted by molar-refractivity contribution is -0.239. The number of aliphatic hydroxyl groups excluding tert-OH is 2. The molecule has 1 aromatic carbocycles. The van der Waals surface area contributed by atoms with Crippen LogP contribution in [0, 0.1) is 5.41 Å². The lowest BCUT2D eigenvalue weighted by atomic mass is 9.92. The molecule has 0 amide bonds. The van der Waals surface area contributed by atoms with Crippen molar-refractivity contribution < 1.29 is 34.0 Å². The summed E-state index contributed by atoms with van der Waals surface area (Å²) >= 11 is 0. The molecule has 1 aliphatic heterocycles. The number of rotatable bonds is 7. The van der Waals surface area contributed by atoms with Crippen LogP contribution in [0.3, 0.4) is 0 Å². The number of benzene rings is 1. The van der Waals surface area contributed by atoms with Gasteiger partial charge in [-0.1, -0.05) is 13.5 Å². The Bertz CT molecular complexity index is 635. The Kier molecular flexibility index (Phi) is 6.77. The van der Waals surface area contributed by atoms with Gasteiger partial charge in [0.15, 0.2) is 6.29 Å². The molecule has 0 atom stereocenters. The maximum Gasteiger partial charge on any atom is 0.333 e. The number of ether oxygens (including phenoxy) is 4. The largest absolute Gasteiger partial charge is 0.497 e. The van der Waals surface area contributed by atoms with Gasteiger partial charge in [-0.2, -0.15) is 0 Å². The van der Waals surface area contributed by atoms with Crippen molar-refractivity contribution in [2.24, 2.45) is 5.41 Å². The molecule has 144 valence electrons. The molecule has 0 radical (unpaired) electrons. The molecule has 0 bridgehead atoms. The summed E-state index contributed by atoms with van der Waals surface area (Å²) in [4.78, 5) is 11.6. The van der Waals surface area contributed by atoms with Crippen LogP contribution in [0.5, 0.6) is 5.75 Å². The second-order valence-corrected chi connectivity index (χ2v) is 6.80. The van der Waals surface area contributed by atoms with Crippen molar-refractivity contribution in [2.75, 3.05) is 26.9 Å². The molecule has 1 saturated heterocycles. The van der Waals surface area contributed by atoms with E-state index in [4.69, 9.17) is 18.9 Å². The maximum atomic E-state index is 11.6. The molecule has 1 heterocycles. The van der Waals surface area contributed by atoms with Crippen LogP contribution in [-0.4, -0.2) is 43.1 Å². The molecule has 0 saturated carbocycles. The Balaban J connectivity index is 2.12. The van der Waals surface area contributed by atoms with E-state index in [-0.39, 0.29) is 19.8 Å². The van der Waals surface area contributed by atoms with E-state index in [1.54, 1.807) is 19.1 Å². The highest BCUT2D eigenvalue weighted by atomic mass is 16.7. The van der Waals surface area contributed by atoms with Gasteiger partial charge in [-0.25, -0.2) is 4.79 Å². The van der Waals surface area contributed by atoms with Gasteiger partial charge in [0.2, 0.25) is 0 Å². The van der Waals surface area contributed by atoms with Gasteiger partial charge in [0.05, 0.1) is 33.5 Å². The van der Waals surface area contributed by atoms with Crippen LogP contribution in [0.4, 0.5) is 0 Å². The third kappa shape index (κ3) is 4.62. The molecule has 26 heavy (non-hydrogen) atoms. The Morgan fingerprint density at radius 2 is 1.81 bits per heavy atom. The fraction of sp³-hybridized carbons (Fsp3) is 0.526. The highest BCUT2D eigenvalue weighted by molar-refractivity contribution is 5.86. The van der Waals surface area contributed by atoms with Crippen LogP contribution in [0.25, 0.3) is 0 Å². The van der Waals surface area contributed by atoms with Crippen LogP contribution in [0.1, 0.15) is 36.8 Å². The number of esters is 1. The van der Waals surface area contributed by atoms with E-state index >= 15 is 0 Å². The lowest BCUT2D eigenvalue weighted by Gasteiger charge is -2.38. The van der Waals surface area contributed by atoms with Gasteiger partial charge in [0, 0.05) is 16.6 Å². The molecule has 1 fully saturated rings. The Morgan fingerprint density at radius 1 is 1.27 bits per heavy atom. The van der Waals surface area contributed by atoms with Crippen molar-refractivity contribution in [3.8, 4) is 5.75 Å². The second kappa shape index (κ2) is 8.64. The number of carbonyl (C=O) groups is 1. The molecule has 1 aromatic rings. The lowest BCUT2D eigenvalue weighted by Crippen LogP contribution is -2.41. The Labute approximate surface area is 153 Å². The van der Waals surface area contributed by atoms with Gasteiger partial charge in [0.1, 0.15) is 12.4 Å². The summed E-state index contributed by atoms with van der Waals surface area (Å²) in [6.45, 7) is 7.29. The number of aliphatic hydroxyl groups is 2. The summed E-state index contributed by atoms with van der Waals surface area (Å²) in [7, 11) is 1.52. The van der Waals surface area contributed by atoms with E-state index in [1.165, 1.54) is 7.11 Å². The smallest absolute Gasteiger partial charge is 0.333 e. The van der Waals surface area contributed by atoms with Gasteiger partial charge < -0.3 is 29.2 Å². The zero-order valence-corrected chi connectivity index (χ0v) is 15.4. The van der Waals surface area contributed by atoms with Crippen LogP contribution in [-0.2, 0) is 32.2 Å². The number of carbonyl (C=O) groups excluding carboxylic acids is 1. The average molecular weight is 366 g/mol. The second-order valence-electron chi connectivity index (χ2n) is 6.80. The van der Waals surface area contributed by atoms with E-state index in [1.807, 2.05) is 6.92 Å². The van der Waals surface area contributed by atoms with E-state index in [9.17, 15) is 15.0 Å². The van der Waals surface area contributed by atoms with Crippen LogP contribution < -0.4 is 4.74 Å². The molecule has 0 unspecified atom stereocenters. The highest BCUT2D eigenvalue weighted by Crippen LogP contribution is 2.36. The average Bonchev–Trinajstić information content (AvgIpc) is 2.65. The molecule has 2 N–H and O–H groups in total. The molecule has 0 aliphatic carbocycles. The summed E-state index contributed by atoms with van der Waals surface area (Å²) in [6, 6.07) is 3.37. The fourth-order valence-electron chi connectivity index (χ4n) is 2.69. The van der Waals surface area contributed by atoms with Gasteiger partial charge in [-0.3, -0.25) is 0 Å². The van der Waals surface area contributed by atoms with E-state index in [0.29, 0.717) is 41.2 Å². The van der Waals surface area contributed by atoms with Crippen molar-refractivity contribution >= 4 is 5.97 Å². The van der Waals surface area contributed by atoms with Crippen molar-refractivity contribution in [1.29, 1.82) is 0 Å². The van der Waals surface area contributed by atoms with Crippen LogP contribution in [0.15, 0.2) is 24.3 Å². The van der Waals surface area contributed by atoms with Gasteiger partial charge in [-0.15, -0.1) is 0 Å². The molecular formula is C19H26O7. The molecule has 0 spiro atoms. The number of hydrogen-bond donors (Lipinski definition) is 2. The van der Waals surface area contributed by atoms with Gasteiger partial charge in [0.25, 0.3) is 0 Å². The number of methoxy groups -OCH3 is 1. The fourth-order valence-corrected chi connectivity index (χ4v) is 2.69. The predicted molar refractivity (Wildman–Crippen MR) is 93.4 cm³/mol.